The van der Waals surface area contributed by atoms with Crippen LogP contribution in [0.2, 0.25) is 0 Å². The SMILES string of the molecule is O=C(O)[C@@H]1CC[C@H](N2C(=O)CSCC2=O)C1. The Kier molecular flexibility index (Phi) is 3.18. The average Bonchev–Trinajstić information content (AvgIpc) is 2.66. The minimum Gasteiger partial charge on any atom is -0.481 e. The molecule has 0 aromatic carbocycles. The van der Waals surface area contributed by atoms with Gasteiger partial charge in [0.1, 0.15) is 0 Å². The molecule has 0 spiro atoms. The maximum atomic E-state index is 11.6. The second-order valence-corrected chi connectivity index (χ2v) is 5.14. The van der Waals surface area contributed by atoms with E-state index in [2.05, 4.69) is 0 Å². The van der Waals surface area contributed by atoms with Gasteiger partial charge in [-0.3, -0.25) is 19.3 Å². The third-order valence-corrected chi connectivity index (χ3v) is 4.01. The molecule has 16 heavy (non-hydrogen) atoms. The number of carbonyl (C=O) groups is 3. The highest BCUT2D eigenvalue weighted by Gasteiger charge is 2.39. The number of thioether (sulfide) groups is 1. The molecule has 6 heteroatoms. The Morgan fingerprint density at radius 3 is 2.38 bits per heavy atom. The fraction of sp³-hybridized carbons (Fsp3) is 0.700. The highest BCUT2D eigenvalue weighted by molar-refractivity contribution is 8.00. The van der Waals surface area contributed by atoms with E-state index in [-0.39, 0.29) is 17.9 Å². The number of hydrogen-bond donors (Lipinski definition) is 1. The summed E-state index contributed by atoms with van der Waals surface area (Å²) < 4.78 is 0. The molecule has 88 valence electrons. The molecule has 1 saturated carbocycles. The molecular weight excluding hydrogens is 230 g/mol. The predicted octanol–water partition coefficient (Wildman–Crippen LogP) is 0.342. The maximum absolute atomic E-state index is 11.6. The van der Waals surface area contributed by atoms with Crippen LogP contribution >= 0.6 is 11.8 Å². The van der Waals surface area contributed by atoms with Crippen molar-refractivity contribution in [3.8, 4) is 0 Å². The van der Waals surface area contributed by atoms with Crippen LogP contribution in [0.25, 0.3) is 0 Å². The highest BCUT2D eigenvalue weighted by Crippen LogP contribution is 2.31. The zero-order valence-electron chi connectivity index (χ0n) is 8.72. The molecule has 0 aromatic heterocycles. The van der Waals surface area contributed by atoms with E-state index in [1.807, 2.05) is 0 Å². The smallest absolute Gasteiger partial charge is 0.306 e. The summed E-state index contributed by atoms with van der Waals surface area (Å²) in [6.07, 6.45) is 1.60. The largest absolute Gasteiger partial charge is 0.481 e. The van der Waals surface area contributed by atoms with Crippen molar-refractivity contribution in [2.75, 3.05) is 11.5 Å². The van der Waals surface area contributed by atoms with Crippen molar-refractivity contribution in [2.45, 2.75) is 25.3 Å². The van der Waals surface area contributed by atoms with Crippen molar-refractivity contribution in [3.63, 3.8) is 0 Å². The van der Waals surface area contributed by atoms with Crippen LogP contribution in [-0.2, 0) is 14.4 Å². The zero-order valence-corrected chi connectivity index (χ0v) is 9.53. The van der Waals surface area contributed by atoms with Crippen LogP contribution in [0.3, 0.4) is 0 Å². The number of rotatable bonds is 2. The van der Waals surface area contributed by atoms with Crippen molar-refractivity contribution in [1.82, 2.24) is 4.90 Å². The van der Waals surface area contributed by atoms with Gasteiger partial charge in [0.2, 0.25) is 11.8 Å². The van der Waals surface area contributed by atoms with Crippen molar-refractivity contribution in [3.05, 3.63) is 0 Å². The van der Waals surface area contributed by atoms with Gasteiger partial charge < -0.3 is 5.11 Å². The fourth-order valence-corrected chi connectivity index (χ4v) is 3.06. The monoisotopic (exact) mass is 243 g/mol. The molecule has 5 nitrogen and oxygen atoms in total. The van der Waals surface area contributed by atoms with Crippen LogP contribution in [0.5, 0.6) is 0 Å². The number of amides is 2. The lowest BCUT2D eigenvalue weighted by Crippen LogP contribution is -2.48. The van der Waals surface area contributed by atoms with Gasteiger partial charge in [0, 0.05) is 6.04 Å². The number of carboxylic acid groups (broad SMARTS) is 1. The molecule has 2 rings (SSSR count). The van der Waals surface area contributed by atoms with E-state index in [0.29, 0.717) is 30.8 Å². The van der Waals surface area contributed by atoms with E-state index in [1.54, 1.807) is 0 Å². The highest BCUT2D eigenvalue weighted by atomic mass is 32.2. The van der Waals surface area contributed by atoms with Gasteiger partial charge in [-0.2, -0.15) is 0 Å². The Balaban J connectivity index is 2.05. The van der Waals surface area contributed by atoms with Crippen molar-refractivity contribution in [1.29, 1.82) is 0 Å². The number of aliphatic carboxylic acids is 1. The van der Waals surface area contributed by atoms with E-state index in [0.717, 1.165) is 0 Å². The Morgan fingerprint density at radius 2 is 1.88 bits per heavy atom. The van der Waals surface area contributed by atoms with E-state index in [1.165, 1.54) is 16.7 Å². The quantitative estimate of drug-likeness (QED) is 0.708. The van der Waals surface area contributed by atoms with Gasteiger partial charge in [-0.1, -0.05) is 0 Å². The van der Waals surface area contributed by atoms with Gasteiger partial charge in [0.15, 0.2) is 0 Å². The summed E-state index contributed by atoms with van der Waals surface area (Å²) in [7, 11) is 0. The summed E-state index contributed by atoms with van der Waals surface area (Å²) in [6, 6.07) is -0.193. The van der Waals surface area contributed by atoms with Gasteiger partial charge in [-0.05, 0) is 19.3 Å². The molecule has 2 amide bonds. The summed E-state index contributed by atoms with van der Waals surface area (Å²) >= 11 is 1.32. The molecule has 2 fully saturated rings. The van der Waals surface area contributed by atoms with Crippen LogP contribution in [0, 0.1) is 5.92 Å². The molecule has 0 bridgehead atoms. The third-order valence-electron chi connectivity index (χ3n) is 3.11. The lowest BCUT2D eigenvalue weighted by Gasteiger charge is -2.30. The topological polar surface area (TPSA) is 74.7 Å². The number of carbonyl (C=O) groups excluding carboxylic acids is 2. The second kappa shape index (κ2) is 4.45. The number of hydrogen-bond acceptors (Lipinski definition) is 4. The lowest BCUT2D eigenvalue weighted by molar-refractivity contribution is -0.146. The van der Waals surface area contributed by atoms with Crippen molar-refractivity contribution >= 4 is 29.5 Å². The molecule has 2 aliphatic rings. The summed E-state index contributed by atoms with van der Waals surface area (Å²) in [5.41, 5.74) is 0. The van der Waals surface area contributed by atoms with Crippen molar-refractivity contribution < 1.29 is 19.5 Å². The third kappa shape index (κ3) is 2.07. The molecule has 1 heterocycles. The minimum absolute atomic E-state index is 0.169. The standard InChI is InChI=1S/C10H13NO4S/c12-8-4-16-5-9(13)11(8)7-2-1-6(3-7)10(14)15/h6-7H,1-5H2,(H,14,15)/t6-,7+/m1/s1. The Bertz CT molecular complexity index is 328. The van der Waals surface area contributed by atoms with Crippen LogP contribution in [0.1, 0.15) is 19.3 Å². The maximum Gasteiger partial charge on any atom is 0.306 e. The van der Waals surface area contributed by atoms with Crippen molar-refractivity contribution in [2.24, 2.45) is 5.92 Å². The van der Waals surface area contributed by atoms with Crippen LogP contribution in [-0.4, -0.2) is 45.3 Å². The summed E-state index contributed by atoms with van der Waals surface area (Å²) in [5.74, 6) is -0.900. The normalized spacial score (nSPS) is 30.9. The molecule has 2 atom stereocenters. The first kappa shape index (κ1) is 11.4. The summed E-state index contributed by atoms with van der Waals surface area (Å²) in [4.78, 5) is 35.3. The van der Waals surface area contributed by atoms with Gasteiger partial charge >= 0.3 is 5.97 Å². The minimum atomic E-state index is -0.825. The first-order valence-electron chi connectivity index (χ1n) is 5.25. The van der Waals surface area contributed by atoms with Gasteiger partial charge in [-0.15, -0.1) is 11.8 Å². The van der Waals surface area contributed by atoms with E-state index in [9.17, 15) is 14.4 Å². The Labute approximate surface area is 97.2 Å². The van der Waals surface area contributed by atoms with Crippen LogP contribution in [0.4, 0.5) is 0 Å². The average molecular weight is 243 g/mol. The van der Waals surface area contributed by atoms with Gasteiger partial charge in [-0.25, -0.2) is 0 Å². The zero-order chi connectivity index (χ0) is 11.7. The molecule has 1 saturated heterocycles. The first-order chi connectivity index (χ1) is 7.59. The molecule has 0 aromatic rings. The Hall–Kier alpha value is -1.04. The Morgan fingerprint density at radius 1 is 1.25 bits per heavy atom. The number of carboxylic acids is 1. The van der Waals surface area contributed by atoms with Gasteiger partial charge in [0.05, 0.1) is 17.4 Å². The van der Waals surface area contributed by atoms with Crippen LogP contribution < -0.4 is 0 Å². The molecule has 1 aliphatic heterocycles. The molecule has 1 N–H and O–H groups in total. The number of nitrogens with zero attached hydrogens (tertiary/aromatic N) is 1. The molecule has 0 unspecified atom stereocenters. The van der Waals surface area contributed by atoms with E-state index < -0.39 is 11.9 Å². The lowest BCUT2D eigenvalue weighted by atomic mass is 10.1. The molecule has 0 radical (unpaired) electrons. The van der Waals surface area contributed by atoms with Crippen LogP contribution in [0.15, 0.2) is 0 Å². The first-order valence-corrected chi connectivity index (χ1v) is 6.40. The van der Waals surface area contributed by atoms with E-state index >= 15 is 0 Å². The molecule has 1 aliphatic carbocycles. The fourth-order valence-electron chi connectivity index (χ4n) is 2.33. The second-order valence-electron chi connectivity index (χ2n) is 4.15. The van der Waals surface area contributed by atoms with Gasteiger partial charge in [0.25, 0.3) is 0 Å². The summed E-state index contributed by atoms with van der Waals surface area (Å²) in [6.45, 7) is 0. The summed E-state index contributed by atoms with van der Waals surface area (Å²) in [5, 5.41) is 8.87. The predicted molar refractivity (Wildman–Crippen MR) is 57.9 cm³/mol. The van der Waals surface area contributed by atoms with E-state index in [4.69, 9.17) is 5.11 Å². The molecular formula is C10H13NO4S. The number of imide groups is 1.